The molecular formula is C13H15ClN4. The van der Waals surface area contributed by atoms with Crippen LogP contribution in [0.1, 0.15) is 30.5 Å². The molecule has 0 spiro atoms. The smallest absolute Gasteiger partial charge is 0.241 e. The summed E-state index contributed by atoms with van der Waals surface area (Å²) >= 11 is 6.01. The summed E-state index contributed by atoms with van der Waals surface area (Å²) in [6.07, 6.45) is 5.24. The molecular weight excluding hydrogens is 248 g/mol. The maximum Gasteiger partial charge on any atom is 0.241 e. The third-order valence-corrected chi connectivity index (χ3v) is 3.93. The lowest BCUT2D eigenvalue weighted by Gasteiger charge is -2.29. The lowest BCUT2D eigenvalue weighted by atomic mass is 10.1. The molecule has 1 aromatic rings. The van der Waals surface area contributed by atoms with E-state index in [1.165, 1.54) is 5.56 Å². The summed E-state index contributed by atoms with van der Waals surface area (Å²) in [7, 11) is 0. The molecule has 0 N–H and O–H groups in total. The molecule has 0 bridgehead atoms. The Kier molecular flexibility index (Phi) is 3.09. The zero-order chi connectivity index (χ0) is 12.5. The molecule has 2 aliphatic rings. The molecule has 5 heteroatoms. The first-order valence-corrected chi connectivity index (χ1v) is 6.82. The Bertz CT molecular complexity index is 508. The number of halogens is 1. The first-order chi connectivity index (χ1) is 8.78. The van der Waals surface area contributed by atoms with Gasteiger partial charge >= 0.3 is 0 Å². The summed E-state index contributed by atoms with van der Waals surface area (Å²) in [5.41, 5.74) is 2.36. The number of rotatable bonds is 1. The van der Waals surface area contributed by atoms with Gasteiger partial charge in [0.25, 0.3) is 0 Å². The molecule has 18 heavy (non-hydrogen) atoms. The van der Waals surface area contributed by atoms with Crippen LogP contribution in [0.4, 0.5) is 5.82 Å². The molecule has 1 saturated heterocycles. The zero-order valence-electron chi connectivity index (χ0n) is 10.2. The van der Waals surface area contributed by atoms with Crippen LogP contribution in [0.25, 0.3) is 4.85 Å². The van der Waals surface area contributed by atoms with Crippen molar-refractivity contribution in [2.24, 2.45) is 0 Å². The number of fused-ring (bicyclic) bond motifs is 1. The third kappa shape index (κ3) is 2.04. The average Bonchev–Trinajstić information content (AvgIpc) is 2.85. The van der Waals surface area contributed by atoms with Crippen molar-refractivity contribution >= 4 is 17.4 Å². The van der Waals surface area contributed by atoms with Crippen LogP contribution >= 0.6 is 11.6 Å². The van der Waals surface area contributed by atoms with Gasteiger partial charge in [-0.3, -0.25) is 0 Å². The predicted molar refractivity (Wildman–Crippen MR) is 70.9 cm³/mol. The van der Waals surface area contributed by atoms with Gasteiger partial charge in [0.2, 0.25) is 11.3 Å². The van der Waals surface area contributed by atoms with Crippen molar-refractivity contribution in [1.29, 1.82) is 0 Å². The Morgan fingerprint density at radius 2 is 2.17 bits per heavy atom. The minimum Gasteiger partial charge on any atom is -0.348 e. The molecule has 0 amide bonds. The maximum absolute atomic E-state index is 7.18. The molecule has 1 aromatic heterocycles. The van der Waals surface area contributed by atoms with E-state index in [2.05, 4.69) is 19.7 Å². The Hall–Kier alpha value is -1.34. The minimum absolute atomic E-state index is 0.101. The lowest BCUT2D eigenvalue weighted by Crippen LogP contribution is -2.38. The van der Waals surface area contributed by atoms with Gasteiger partial charge in [-0.2, -0.15) is 0 Å². The van der Waals surface area contributed by atoms with Crippen molar-refractivity contribution in [1.82, 2.24) is 9.97 Å². The largest absolute Gasteiger partial charge is 0.348 e. The normalized spacial score (nSPS) is 22.7. The molecule has 0 aromatic carbocycles. The van der Waals surface area contributed by atoms with E-state index in [9.17, 15) is 0 Å². The Morgan fingerprint density at radius 3 is 3.00 bits per heavy atom. The number of anilines is 1. The molecule has 1 aliphatic carbocycles. The highest BCUT2D eigenvalue weighted by atomic mass is 35.5. The van der Waals surface area contributed by atoms with Crippen LogP contribution in [-0.4, -0.2) is 29.1 Å². The van der Waals surface area contributed by atoms with Gasteiger partial charge in [-0.05, 0) is 37.3 Å². The van der Waals surface area contributed by atoms with Gasteiger partial charge in [-0.25, -0.2) is 16.5 Å². The second kappa shape index (κ2) is 4.74. The fourth-order valence-electron chi connectivity index (χ4n) is 2.90. The van der Waals surface area contributed by atoms with Crippen molar-refractivity contribution in [3.05, 3.63) is 28.0 Å². The number of aryl methyl sites for hydroxylation is 1. The molecule has 94 valence electrons. The molecule has 3 rings (SSSR count). The first kappa shape index (κ1) is 11.7. The zero-order valence-corrected chi connectivity index (χ0v) is 10.9. The molecule has 4 nitrogen and oxygen atoms in total. The van der Waals surface area contributed by atoms with Crippen molar-refractivity contribution < 1.29 is 0 Å². The first-order valence-electron chi connectivity index (χ1n) is 6.44. The van der Waals surface area contributed by atoms with Crippen molar-refractivity contribution in [3.63, 3.8) is 0 Å². The van der Waals surface area contributed by atoms with Crippen LogP contribution in [0.15, 0.2) is 0 Å². The van der Waals surface area contributed by atoms with Gasteiger partial charge in [0.05, 0.1) is 12.2 Å². The summed E-state index contributed by atoms with van der Waals surface area (Å²) in [5.74, 6) is 0.982. The summed E-state index contributed by atoms with van der Waals surface area (Å²) in [6, 6.07) is 0.101. The van der Waals surface area contributed by atoms with E-state index in [0.717, 1.165) is 56.7 Å². The number of hydrogen-bond donors (Lipinski definition) is 0. The van der Waals surface area contributed by atoms with E-state index in [-0.39, 0.29) is 6.04 Å². The molecule has 0 unspecified atom stereocenters. The number of aromatic nitrogens is 2. The number of hydrogen-bond acceptors (Lipinski definition) is 3. The van der Waals surface area contributed by atoms with E-state index in [4.69, 9.17) is 18.2 Å². The third-order valence-electron chi connectivity index (χ3n) is 3.76. The Morgan fingerprint density at radius 1 is 1.28 bits per heavy atom. The van der Waals surface area contributed by atoms with Gasteiger partial charge in [0.15, 0.2) is 0 Å². The predicted octanol–water partition coefficient (Wildman–Crippen LogP) is 2.51. The standard InChI is InChI=1S/C13H15ClN4/c1-15-9-4-3-7-18(8-9)12-10-5-2-6-11(10)16-13(14)17-12/h9H,2-8H2/t9-/m1/s1. The average molecular weight is 263 g/mol. The highest BCUT2D eigenvalue weighted by Gasteiger charge is 2.28. The monoisotopic (exact) mass is 262 g/mol. The molecule has 1 atom stereocenters. The maximum atomic E-state index is 7.18. The van der Waals surface area contributed by atoms with Crippen LogP contribution < -0.4 is 4.90 Å². The van der Waals surface area contributed by atoms with Crippen molar-refractivity contribution in [3.8, 4) is 0 Å². The Labute approximate surface area is 112 Å². The molecule has 1 fully saturated rings. The van der Waals surface area contributed by atoms with Crippen LogP contribution in [-0.2, 0) is 12.8 Å². The highest BCUT2D eigenvalue weighted by Crippen LogP contribution is 2.31. The van der Waals surface area contributed by atoms with E-state index in [0.29, 0.717) is 5.28 Å². The fraction of sp³-hybridized carbons (Fsp3) is 0.615. The van der Waals surface area contributed by atoms with E-state index in [1.54, 1.807) is 0 Å². The second-order valence-electron chi connectivity index (χ2n) is 4.97. The summed E-state index contributed by atoms with van der Waals surface area (Å²) in [4.78, 5) is 14.6. The van der Waals surface area contributed by atoms with Gasteiger partial charge < -0.3 is 9.74 Å². The van der Waals surface area contributed by atoms with Crippen LogP contribution in [0.3, 0.4) is 0 Å². The summed E-state index contributed by atoms with van der Waals surface area (Å²) in [6.45, 7) is 8.94. The van der Waals surface area contributed by atoms with Crippen LogP contribution in [0.2, 0.25) is 5.28 Å². The Balaban J connectivity index is 1.94. The molecule has 1 aliphatic heterocycles. The second-order valence-corrected chi connectivity index (χ2v) is 5.30. The van der Waals surface area contributed by atoms with E-state index in [1.807, 2.05) is 0 Å². The van der Waals surface area contributed by atoms with Crippen LogP contribution in [0.5, 0.6) is 0 Å². The van der Waals surface area contributed by atoms with Crippen molar-refractivity contribution in [2.75, 3.05) is 18.0 Å². The molecule has 0 saturated carbocycles. The van der Waals surface area contributed by atoms with E-state index >= 15 is 0 Å². The highest BCUT2D eigenvalue weighted by molar-refractivity contribution is 6.28. The number of nitrogens with zero attached hydrogens (tertiary/aromatic N) is 4. The SMILES string of the molecule is [C-]#[N+][C@@H]1CCCN(c2nc(Cl)nc3c2CCC3)C1. The van der Waals surface area contributed by atoms with Gasteiger partial charge in [-0.15, -0.1) is 0 Å². The quantitative estimate of drug-likeness (QED) is 0.576. The lowest BCUT2D eigenvalue weighted by molar-refractivity contribution is 0.545. The van der Waals surface area contributed by atoms with Crippen LogP contribution in [0, 0.1) is 6.57 Å². The topological polar surface area (TPSA) is 33.4 Å². The molecule has 2 heterocycles. The number of piperidine rings is 1. The van der Waals surface area contributed by atoms with Gasteiger partial charge in [-0.1, -0.05) is 0 Å². The fourth-order valence-corrected chi connectivity index (χ4v) is 3.08. The summed E-state index contributed by atoms with van der Waals surface area (Å²) < 4.78 is 0. The molecule has 0 radical (unpaired) electrons. The summed E-state index contributed by atoms with van der Waals surface area (Å²) in [5, 5.41) is 0.343. The van der Waals surface area contributed by atoms with Gasteiger partial charge in [0.1, 0.15) is 5.82 Å². The van der Waals surface area contributed by atoms with Crippen molar-refractivity contribution in [2.45, 2.75) is 38.1 Å². The van der Waals surface area contributed by atoms with Gasteiger partial charge in [0, 0.05) is 18.5 Å². The minimum atomic E-state index is 0.101. The van der Waals surface area contributed by atoms with E-state index < -0.39 is 0 Å².